The van der Waals surface area contributed by atoms with Gasteiger partial charge >= 0.3 is 12.1 Å². The average molecular weight is 341 g/mol. The Morgan fingerprint density at radius 3 is 2.64 bits per heavy atom. The Morgan fingerprint density at radius 1 is 1.16 bits per heavy atom. The summed E-state index contributed by atoms with van der Waals surface area (Å²) in [4.78, 5) is 22.6. The van der Waals surface area contributed by atoms with Gasteiger partial charge in [-0.15, -0.1) is 0 Å². The summed E-state index contributed by atoms with van der Waals surface area (Å²) in [7, 11) is 0. The topological polar surface area (TPSA) is 75.6 Å². The van der Waals surface area contributed by atoms with Crippen molar-refractivity contribution in [3.8, 4) is 11.8 Å². The van der Waals surface area contributed by atoms with Crippen molar-refractivity contribution in [3.63, 3.8) is 0 Å². The Labute approximate surface area is 144 Å². The largest absolute Gasteiger partial charge is 0.478 e. The molecule has 0 radical (unpaired) electrons. The molecule has 6 heteroatoms. The minimum atomic E-state index is -1.24. The van der Waals surface area contributed by atoms with Gasteiger partial charge in [0.05, 0.1) is 5.56 Å². The molecule has 2 aromatic rings. The predicted molar refractivity (Wildman–Crippen MR) is 89.5 cm³/mol. The van der Waals surface area contributed by atoms with E-state index in [1.54, 1.807) is 0 Å². The van der Waals surface area contributed by atoms with Gasteiger partial charge in [-0.2, -0.15) is 0 Å². The van der Waals surface area contributed by atoms with Crippen LogP contribution in [0.2, 0.25) is 0 Å². The lowest BCUT2D eigenvalue weighted by Gasteiger charge is -2.05. The number of aromatic carboxylic acids is 1. The van der Waals surface area contributed by atoms with Gasteiger partial charge in [-0.25, -0.2) is 14.0 Å². The highest BCUT2D eigenvalue weighted by atomic mass is 19.1. The van der Waals surface area contributed by atoms with Gasteiger partial charge in [0.25, 0.3) is 0 Å². The van der Waals surface area contributed by atoms with Gasteiger partial charge in [0.2, 0.25) is 0 Å². The molecule has 0 bridgehead atoms. The monoisotopic (exact) mass is 341 g/mol. The zero-order valence-corrected chi connectivity index (χ0v) is 13.3. The number of carboxylic acids is 1. The summed E-state index contributed by atoms with van der Waals surface area (Å²) in [5.74, 6) is 3.53. The number of benzene rings is 2. The van der Waals surface area contributed by atoms with Crippen LogP contribution in [-0.4, -0.2) is 23.7 Å². The van der Waals surface area contributed by atoms with Crippen LogP contribution in [0.5, 0.6) is 0 Å². The average Bonchev–Trinajstić information content (AvgIpc) is 2.61. The van der Waals surface area contributed by atoms with Crippen molar-refractivity contribution in [1.82, 2.24) is 5.32 Å². The van der Waals surface area contributed by atoms with E-state index in [0.29, 0.717) is 6.42 Å². The minimum Gasteiger partial charge on any atom is -0.478 e. The third kappa shape index (κ3) is 5.99. The van der Waals surface area contributed by atoms with Crippen LogP contribution in [0.25, 0.3) is 0 Å². The molecule has 0 aromatic heterocycles. The number of ether oxygens (including phenoxy) is 1. The molecule has 0 aliphatic rings. The first kappa shape index (κ1) is 18.0. The molecule has 0 fully saturated rings. The fourth-order valence-corrected chi connectivity index (χ4v) is 1.96. The van der Waals surface area contributed by atoms with Crippen molar-refractivity contribution in [2.75, 3.05) is 6.54 Å². The van der Waals surface area contributed by atoms with Crippen molar-refractivity contribution < 1.29 is 23.8 Å². The highest BCUT2D eigenvalue weighted by Gasteiger charge is 2.09. The second kappa shape index (κ2) is 9.08. The standard InChI is InChI=1S/C19H16FNO4/c20-16-10-9-15(17(12-16)18(22)23)8-4-5-11-21-19(24)25-13-14-6-2-1-3-7-14/h1-3,6-7,9-10,12H,5,11,13H2,(H,21,24)(H,22,23). The number of halogens is 1. The van der Waals surface area contributed by atoms with E-state index in [1.165, 1.54) is 6.07 Å². The molecule has 0 saturated heterocycles. The Bertz CT molecular complexity index is 809. The SMILES string of the molecule is O=C(NCCC#Cc1ccc(F)cc1C(=O)O)OCc1ccccc1. The molecule has 2 aromatic carbocycles. The molecular formula is C19H16FNO4. The van der Waals surface area contributed by atoms with E-state index >= 15 is 0 Å². The van der Waals surface area contributed by atoms with Gasteiger partial charge in [-0.3, -0.25) is 0 Å². The maximum absolute atomic E-state index is 13.1. The van der Waals surface area contributed by atoms with E-state index in [-0.39, 0.29) is 24.3 Å². The summed E-state index contributed by atoms with van der Waals surface area (Å²) < 4.78 is 18.1. The van der Waals surface area contributed by atoms with Crippen molar-refractivity contribution in [1.29, 1.82) is 0 Å². The zero-order valence-electron chi connectivity index (χ0n) is 13.3. The van der Waals surface area contributed by atoms with Crippen molar-refractivity contribution >= 4 is 12.1 Å². The summed E-state index contributed by atoms with van der Waals surface area (Å²) in [6.07, 6.45) is -0.254. The first-order chi connectivity index (χ1) is 12.1. The van der Waals surface area contributed by atoms with E-state index < -0.39 is 17.9 Å². The normalized spacial score (nSPS) is 9.64. The molecule has 0 aliphatic carbocycles. The smallest absolute Gasteiger partial charge is 0.407 e. The highest BCUT2D eigenvalue weighted by Crippen LogP contribution is 2.10. The molecule has 0 saturated carbocycles. The lowest BCUT2D eigenvalue weighted by atomic mass is 10.1. The molecule has 5 nitrogen and oxygen atoms in total. The van der Waals surface area contributed by atoms with Crippen LogP contribution >= 0.6 is 0 Å². The number of carbonyl (C=O) groups is 2. The van der Waals surface area contributed by atoms with E-state index in [2.05, 4.69) is 17.2 Å². The zero-order chi connectivity index (χ0) is 18.1. The molecule has 128 valence electrons. The van der Waals surface area contributed by atoms with Gasteiger partial charge in [-0.05, 0) is 23.8 Å². The third-order valence-corrected chi connectivity index (χ3v) is 3.17. The molecule has 0 aliphatic heterocycles. The Hall–Kier alpha value is -3.33. The fourth-order valence-electron chi connectivity index (χ4n) is 1.96. The van der Waals surface area contributed by atoms with Gasteiger partial charge in [0.15, 0.2) is 0 Å². The van der Waals surface area contributed by atoms with E-state index in [4.69, 9.17) is 9.84 Å². The molecule has 0 atom stereocenters. The summed E-state index contributed by atoms with van der Waals surface area (Å²) in [6, 6.07) is 12.7. The Balaban J connectivity index is 1.77. The van der Waals surface area contributed by atoms with E-state index in [9.17, 15) is 14.0 Å². The van der Waals surface area contributed by atoms with Crippen LogP contribution in [0.15, 0.2) is 48.5 Å². The third-order valence-electron chi connectivity index (χ3n) is 3.17. The number of carbonyl (C=O) groups excluding carboxylic acids is 1. The number of amides is 1. The Kier molecular flexibility index (Phi) is 6.55. The number of carboxylic acid groups (broad SMARTS) is 1. The number of rotatable bonds is 5. The lowest BCUT2D eigenvalue weighted by molar-refractivity contribution is 0.0696. The van der Waals surface area contributed by atoms with Crippen molar-refractivity contribution in [3.05, 3.63) is 71.0 Å². The molecule has 0 heterocycles. The summed E-state index contributed by atoms with van der Waals surface area (Å²) in [5.41, 5.74) is 0.915. The van der Waals surface area contributed by atoms with Crippen LogP contribution in [0.1, 0.15) is 27.9 Å². The second-order valence-corrected chi connectivity index (χ2v) is 5.04. The number of alkyl carbamates (subject to hydrolysis) is 1. The summed E-state index contributed by atoms with van der Waals surface area (Å²) in [5, 5.41) is 11.6. The van der Waals surface area contributed by atoms with Crippen LogP contribution in [0.3, 0.4) is 0 Å². The number of hydrogen-bond acceptors (Lipinski definition) is 3. The summed E-state index contributed by atoms with van der Waals surface area (Å²) >= 11 is 0. The Morgan fingerprint density at radius 2 is 1.92 bits per heavy atom. The molecule has 0 unspecified atom stereocenters. The predicted octanol–water partition coefficient (Wildman–Crippen LogP) is 3.19. The molecule has 2 rings (SSSR count). The van der Waals surface area contributed by atoms with Gasteiger partial charge in [0, 0.05) is 18.5 Å². The molecule has 0 spiro atoms. The first-order valence-electron chi connectivity index (χ1n) is 7.52. The van der Waals surface area contributed by atoms with E-state index in [0.717, 1.165) is 17.7 Å². The first-order valence-corrected chi connectivity index (χ1v) is 7.52. The minimum absolute atomic E-state index is 0.176. The maximum Gasteiger partial charge on any atom is 0.407 e. The quantitative estimate of drug-likeness (QED) is 0.647. The molecule has 25 heavy (non-hydrogen) atoms. The van der Waals surface area contributed by atoms with Gasteiger partial charge < -0.3 is 15.2 Å². The van der Waals surface area contributed by atoms with Crippen LogP contribution in [0.4, 0.5) is 9.18 Å². The highest BCUT2D eigenvalue weighted by molar-refractivity contribution is 5.90. The van der Waals surface area contributed by atoms with Crippen LogP contribution in [-0.2, 0) is 11.3 Å². The van der Waals surface area contributed by atoms with E-state index in [1.807, 2.05) is 30.3 Å². The van der Waals surface area contributed by atoms with Gasteiger partial charge in [-0.1, -0.05) is 42.2 Å². The number of nitrogens with one attached hydrogen (secondary N) is 1. The fraction of sp³-hybridized carbons (Fsp3) is 0.158. The summed E-state index contributed by atoms with van der Waals surface area (Å²) in [6.45, 7) is 0.431. The van der Waals surface area contributed by atoms with Crippen molar-refractivity contribution in [2.24, 2.45) is 0 Å². The van der Waals surface area contributed by atoms with Crippen LogP contribution in [0, 0.1) is 17.7 Å². The van der Waals surface area contributed by atoms with Gasteiger partial charge in [0.1, 0.15) is 12.4 Å². The molecule has 2 N–H and O–H groups in total. The number of hydrogen-bond donors (Lipinski definition) is 2. The lowest BCUT2D eigenvalue weighted by Crippen LogP contribution is -2.24. The second-order valence-electron chi connectivity index (χ2n) is 5.04. The molecular weight excluding hydrogens is 325 g/mol. The maximum atomic E-state index is 13.1. The van der Waals surface area contributed by atoms with Crippen molar-refractivity contribution in [2.45, 2.75) is 13.0 Å². The van der Waals surface area contributed by atoms with Crippen LogP contribution < -0.4 is 5.32 Å². The molecule has 1 amide bonds.